The van der Waals surface area contributed by atoms with Gasteiger partial charge in [0.25, 0.3) is 11.8 Å². The zero-order chi connectivity index (χ0) is 20.4. The number of fused-ring (bicyclic) bond motifs is 1. The van der Waals surface area contributed by atoms with Gasteiger partial charge in [0.05, 0.1) is 11.7 Å². The minimum atomic E-state index is -0.402. The summed E-state index contributed by atoms with van der Waals surface area (Å²) in [5.74, 6) is -0.769. The third-order valence-corrected chi connectivity index (χ3v) is 5.96. The lowest BCUT2D eigenvalue weighted by atomic mass is 9.95. The fourth-order valence-electron chi connectivity index (χ4n) is 3.64. The van der Waals surface area contributed by atoms with Gasteiger partial charge < -0.3 is 10.4 Å². The molecule has 2 aliphatic rings. The van der Waals surface area contributed by atoms with Crippen LogP contribution in [0.2, 0.25) is 0 Å². The van der Waals surface area contributed by atoms with E-state index in [0.29, 0.717) is 16.7 Å². The van der Waals surface area contributed by atoms with E-state index in [9.17, 15) is 14.7 Å². The Morgan fingerprint density at radius 2 is 1.79 bits per heavy atom. The number of halogens is 1. The highest BCUT2D eigenvalue weighted by molar-refractivity contribution is 14.1. The number of anilines is 1. The van der Waals surface area contributed by atoms with Crippen molar-refractivity contribution in [3.63, 3.8) is 0 Å². The molecule has 0 spiro atoms. The Morgan fingerprint density at radius 1 is 1.07 bits per heavy atom. The molecule has 2 aromatic carbocycles. The number of hydrogen-bond acceptors (Lipinski definition) is 5. The molecule has 2 heterocycles. The van der Waals surface area contributed by atoms with Gasteiger partial charge in [-0.15, -0.1) is 0 Å². The SMILES string of the molecule is O=C1NC(=O)c2ccc(I)cc2/C1=C/Nc1ccc(CN2CCC(O)CC2)cc1. The third-order valence-electron chi connectivity index (χ3n) is 5.29. The minimum Gasteiger partial charge on any atom is -0.393 e. The molecule has 0 atom stereocenters. The maximum atomic E-state index is 12.3. The van der Waals surface area contributed by atoms with Crippen LogP contribution in [0.15, 0.2) is 48.7 Å². The van der Waals surface area contributed by atoms with Crippen LogP contribution in [0, 0.1) is 3.57 Å². The second kappa shape index (κ2) is 8.64. The number of carbonyl (C=O) groups is 2. The topological polar surface area (TPSA) is 81.7 Å². The molecule has 1 fully saturated rings. The van der Waals surface area contributed by atoms with E-state index in [0.717, 1.165) is 41.7 Å². The van der Waals surface area contributed by atoms with E-state index in [1.54, 1.807) is 12.3 Å². The molecule has 7 heteroatoms. The standard InChI is InChI=1S/C22H22IN3O3/c23-15-3-6-18-19(11-15)20(22(29)25-21(18)28)12-24-16-4-1-14(2-5-16)13-26-9-7-17(27)8-10-26/h1-6,11-12,17,24,27H,7-10,13H2,(H,25,28,29)/b20-12-. The van der Waals surface area contributed by atoms with E-state index in [2.05, 4.69) is 50.3 Å². The van der Waals surface area contributed by atoms with Gasteiger partial charge in [0.2, 0.25) is 0 Å². The predicted octanol–water partition coefficient (Wildman–Crippen LogP) is 2.97. The number of carbonyl (C=O) groups excluding carboxylic acids is 2. The second-order valence-corrected chi connectivity index (χ2v) is 8.63. The summed E-state index contributed by atoms with van der Waals surface area (Å²) in [6.07, 6.45) is 3.15. The molecule has 2 aromatic rings. The highest BCUT2D eigenvalue weighted by atomic mass is 127. The number of rotatable bonds is 4. The number of nitrogens with one attached hydrogen (secondary N) is 2. The van der Waals surface area contributed by atoms with Crippen LogP contribution in [-0.2, 0) is 11.3 Å². The lowest BCUT2D eigenvalue weighted by Crippen LogP contribution is -2.36. The molecule has 1 saturated heterocycles. The number of piperidine rings is 1. The Labute approximate surface area is 183 Å². The van der Waals surface area contributed by atoms with Gasteiger partial charge in [0, 0.05) is 46.2 Å². The van der Waals surface area contributed by atoms with Crippen LogP contribution in [0.4, 0.5) is 5.69 Å². The summed E-state index contributed by atoms with van der Waals surface area (Å²) < 4.78 is 0.962. The average molecular weight is 503 g/mol. The lowest BCUT2D eigenvalue weighted by molar-refractivity contribution is -0.114. The van der Waals surface area contributed by atoms with Gasteiger partial charge in [0.1, 0.15) is 0 Å². The van der Waals surface area contributed by atoms with E-state index in [-0.39, 0.29) is 12.0 Å². The molecule has 0 aromatic heterocycles. The summed E-state index contributed by atoms with van der Waals surface area (Å²) in [6, 6.07) is 13.5. The molecule has 0 unspecified atom stereocenters. The van der Waals surface area contributed by atoms with E-state index in [4.69, 9.17) is 0 Å². The van der Waals surface area contributed by atoms with Gasteiger partial charge in [0.15, 0.2) is 0 Å². The number of imide groups is 1. The Kier molecular flexibility index (Phi) is 5.98. The van der Waals surface area contributed by atoms with Crippen molar-refractivity contribution >= 4 is 45.7 Å². The monoisotopic (exact) mass is 503 g/mol. The fourth-order valence-corrected chi connectivity index (χ4v) is 4.13. The largest absolute Gasteiger partial charge is 0.393 e. The smallest absolute Gasteiger partial charge is 0.260 e. The molecule has 2 aliphatic heterocycles. The van der Waals surface area contributed by atoms with Crippen LogP contribution in [0.3, 0.4) is 0 Å². The van der Waals surface area contributed by atoms with Crippen LogP contribution in [-0.4, -0.2) is 41.0 Å². The molecule has 0 bridgehead atoms. The van der Waals surface area contributed by atoms with E-state index >= 15 is 0 Å². The van der Waals surface area contributed by atoms with Crippen molar-refractivity contribution in [1.29, 1.82) is 0 Å². The predicted molar refractivity (Wildman–Crippen MR) is 120 cm³/mol. The number of aliphatic hydroxyl groups excluding tert-OH is 1. The highest BCUT2D eigenvalue weighted by Gasteiger charge is 2.27. The summed E-state index contributed by atoms with van der Waals surface area (Å²) in [4.78, 5) is 26.7. The Hall–Kier alpha value is -2.23. The van der Waals surface area contributed by atoms with Crippen LogP contribution in [0.1, 0.15) is 34.3 Å². The number of amides is 2. The maximum absolute atomic E-state index is 12.3. The van der Waals surface area contributed by atoms with Crippen molar-refractivity contribution in [3.8, 4) is 0 Å². The Balaban J connectivity index is 1.46. The van der Waals surface area contributed by atoms with Gasteiger partial charge in [-0.25, -0.2) is 0 Å². The zero-order valence-electron chi connectivity index (χ0n) is 15.8. The number of aliphatic hydroxyl groups is 1. The van der Waals surface area contributed by atoms with Crippen molar-refractivity contribution in [1.82, 2.24) is 10.2 Å². The third kappa shape index (κ3) is 4.68. The number of benzene rings is 2. The van der Waals surface area contributed by atoms with Crippen LogP contribution >= 0.6 is 22.6 Å². The molecule has 150 valence electrons. The minimum absolute atomic E-state index is 0.161. The lowest BCUT2D eigenvalue weighted by Gasteiger charge is -2.29. The van der Waals surface area contributed by atoms with Crippen molar-refractivity contribution in [2.75, 3.05) is 18.4 Å². The van der Waals surface area contributed by atoms with Crippen molar-refractivity contribution in [3.05, 3.63) is 68.9 Å². The summed E-state index contributed by atoms with van der Waals surface area (Å²) in [6.45, 7) is 2.70. The first-order chi connectivity index (χ1) is 14.0. The Bertz CT molecular complexity index is 964. The van der Waals surface area contributed by atoms with Crippen molar-refractivity contribution in [2.24, 2.45) is 0 Å². The summed E-state index contributed by atoms with van der Waals surface area (Å²) in [5, 5.41) is 15.2. The molecule has 0 radical (unpaired) electrons. The number of likely N-dealkylation sites (tertiary alicyclic amines) is 1. The first-order valence-corrected chi connectivity index (χ1v) is 10.7. The molecular formula is C22H22IN3O3. The molecule has 0 aliphatic carbocycles. The molecule has 29 heavy (non-hydrogen) atoms. The van der Waals surface area contributed by atoms with Crippen LogP contribution < -0.4 is 10.6 Å². The Morgan fingerprint density at radius 3 is 2.52 bits per heavy atom. The maximum Gasteiger partial charge on any atom is 0.260 e. The first-order valence-electron chi connectivity index (χ1n) is 9.61. The van der Waals surface area contributed by atoms with E-state index < -0.39 is 5.91 Å². The number of nitrogens with zero attached hydrogens (tertiary/aromatic N) is 1. The fraction of sp³-hybridized carbons (Fsp3) is 0.273. The highest BCUT2D eigenvalue weighted by Crippen LogP contribution is 2.26. The van der Waals surface area contributed by atoms with E-state index in [1.165, 1.54) is 5.56 Å². The van der Waals surface area contributed by atoms with Crippen molar-refractivity contribution in [2.45, 2.75) is 25.5 Å². The normalized spacial score (nSPS) is 19.2. The van der Waals surface area contributed by atoms with Crippen LogP contribution in [0.5, 0.6) is 0 Å². The molecule has 3 N–H and O–H groups in total. The average Bonchev–Trinajstić information content (AvgIpc) is 2.70. The summed E-state index contributed by atoms with van der Waals surface area (Å²) in [5.41, 5.74) is 3.66. The molecular weight excluding hydrogens is 481 g/mol. The second-order valence-electron chi connectivity index (χ2n) is 7.38. The van der Waals surface area contributed by atoms with Crippen molar-refractivity contribution < 1.29 is 14.7 Å². The molecule has 6 nitrogen and oxygen atoms in total. The van der Waals surface area contributed by atoms with Gasteiger partial charge in [-0.05, 0) is 71.3 Å². The molecule has 4 rings (SSSR count). The van der Waals surface area contributed by atoms with Gasteiger partial charge >= 0.3 is 0 Å². The first kappa shape index (κ1) is 20.1. The number of hydrogen-bond donors (Lipinski definition) is 3. The van der Waals surface area contributed by atoms with Crippen LogP contribution in [0.25, 0.3) is 5.57 Å². The zero-order valence-corrected chi connectivity index (χ0v) is 18.0. The van der Waals surface area contributed by atoms with E-state index in [1.807, 2.05) is 24.3 Å². The van der Waals surface area contributed by atoms with Gasteiger partial charge in [-0.1, -0.05) is 12.1 Å². The van der Waals surface area contributed by atoms with Gasteiger partial charge in [-0.2, -0.15) is 0 Å². The quantitative estimate of drug-likeness (QED) is 0.340. The summed E-state index contributed by atoms with van der Waals surface area (Å²) >= 11 is 2.17. The molecule has 2 amide bonds. The van der Waals surface area contributed by atoms with Gasteiger partial charge in [-0.3, -0.25) is 19.8 Å². The molecule has 0 saturated carbocycles. The summed E-state index contributed by atoms with van der Waals surface area (Å²) in [7, 11) is 0.